The Bertz CT molecular complexity index is 1420. The van der Waals surface area contributed by atoms with Crippen LogP contribution in [0.25, 0.3) is 11.1 Å². The van der Waals surface area contributed by atoms with Crippen LogP contribution in [-0.2, 0) is 27.9 Å². The van der Waals surface area contributed by atoms with Crippen LogP contribution < -0.4 is 10.1 Å². The van der Waals surface area contributed by atoms with Crippen molar-refractivity contribution in [3.8, 4) is 28.7 Å². The maximum Gasteiger partial charge on any atom is 0.408 e. The van der Waals surface area contributed by atoms with Gasteiger partial charge in [-0.3, -0.25) is 19.8 Å². The van der Waals surface area contributed by atoms with Crippen molar-refractivity contribution in [1.29, 1.82) is 0 Å². The fourth-order valence-corrected chi connectivity index (χ4v) is 3.97. The Balaban J connectivity index is 1.71. The molecule has 37 heavy (non-hydrogen) atoms. The number of nitrogens with zero attached hydrogens (tertiary/aromatic N) is 4. The number of hydrogen-bond acceptors (Lipinski definition) is 8. The van der Waals surface area contributed by atoms with Crippen LogP contribution in [0.2, 0.25) is 0 Å². The molecule has 2 amide bonds. The molecular formula is C26H25N5O6. The molecule has 11 nitrogen and oxygen atoms in total. The van der Waals surface area contributed by atoms with Crippen molar-refractivity contribution in [1.82, 2.24) is 25.0 Å². The molecule has 3 heterocycles. The number of nitrogens with one attached hydrogen (secondary N) is 1. The number of aromatic nitrogens is 3. The standard InChI is InChI=1S/C26H25N5O6/c1-30-14-20(13-28-30)19-9-17(11-27-12-19)7-8-26(24(33)36-3,29-25(34)37-4)16-31-15-18-5-6-21(35-2)10-22(18)23(31)32/h5-6,9-14H,15-16H2,1-4H3,(H,29,34)/t26-/m1/s1. The average Bonchev–Trinajstić information content (AvgIpc) is 3.49. The summed E-state index contributed by atoms with van der Waals surface area (Å²) in [7, 11) is 5.65. The molecule has 0 spiro atoms. The third-order valence-electron chi connectivity index (χ3n) is 5.86. The Morgan fingerprint density at radius 3 is 2.59 bits per heavy atom. The maximum absolute atomic E-state index is 13.2. The molecule has 11 heteroatoms. The zero-order valence-corrected chi connectivity index (χ0v) is 20.8. The number of carbonyl (C=O) groups is 3. The Labute approximate surface area is 213 Å². The van der Waals surface area contributed by atoms with E-state index in [9.17, 15) is 14.4 Å². The molecule has 0 saturated carbocycles. The summed E-state index contributed by atoms with van der Waals surface area (Å²) in [5, 5.41) is 6.65. The SMILES string of the molecule is COC(=O)N[C@](C#Cc1cncc(-c2cnn(C)c2)c1)(CN1Cc2ccc(OC)cc2C1=O)C(=O)OC. The molecule has 3 aromatic rings. The highest BCUT2D eigenvalue weighted by Crippen LogP contribution is 2.28. The Morgan fingerprint density at radius 2 is 1.92 bits per heavy atom. The van der Waals surface area contributed by atoms with Crippen LogP contribution in [-0.4, -0.2) is 71.0 Å². The van der Waals surface area contributed by atoms with Crippen LogP contribution in [0.1, 0.15) is 21.5 Å². The van der Waals surface area contributed by atoms with Gasteiger partial charge in [0.25, 0.3) is 5.91 Å². The van der Waals surface area contributed by atoms with Crippen molar-refractivity contribution in [2.75, 3.05) is 27.9 Å². The van der Waals surface area contributed by atoms with Gasteiger partial charge in [0.1, 0.15) is 5.75 Å². The molecule has 0 aliphatic carbocycles. The number of amides is 2. The summed E-state index contributed by atoms with van der Waals surface area (Å²) < 4.78 is 16.6. The van der Waals surface area contributed by atoms with E-state index in [0.29, 0.717) is 16.9 Å². The zero-order chi connectivity index (χ0) is 26.6. The van der Waals surface area contributed by atoms with E-state index in [2.05, 4.69) is 27.2 Å². The highest BCUT2D eigenvalue weighted by Gasteiger charge is 2.45. The van der Waals surface area contributed by atoms with Gasteiger partial charge in [-0.25, -0.2) is 9.59 Å². The molecule has 0 bridgehead atoms. The van der Waals surface area contributed by atoms with Gasteiger partial charge in [-0.2, -0.15) is 5.10 Å². The minimum atomic E-state index is -1.92. The minimum Gasteiger partial charge on any atom is -0.497 e. The predicted molar refractivity (Wildman–Crippen MR) is 131 cm³/mol. The molecule has 0 fully saturated rings. The number of fused-ring (bicyclic) bond motifs is 1. The van der Waals surface area contributed by atoms with E-state index in [-0.39, 0.29) is 19.0 Å². The van der Waals surface area contributed by atoms with Crippen molar-refractivity contribution >= 4 is 18.0 Å². The van der Waals surface area contributed by atoms with Crippen molar-refractivity contribution < 1.29 is 28.6 Å². The normalized spacial score (nSPS) is 13.6. The molecular weight excluding hydrogens is 478 g/mol. The van der Waals surface area contributed by atoms with Crippen LogP contribution in [0.15, 0.2) is 49.1 Å². The van der Waals surface area contributed by atoms with Gasteiger partial charge in [-0.1, -0.05) is 17.9 Å². The number of aryl methyl sites for hydroxylation is 1. The molecule has 0 saturated heterocycles. The van der Waals surface area contributed by atoms with Gasteiger partial charge < -0.3 is 19.1 Å². The van der Waals surface area contributed by atoms with E-state index < -0.39 is 17.6 Å². The number of hydrogen-bond donors (Lipinski definition) is 1. The minimum absolute atomic E-state index is 0.208. The summed E-state index contributed by atoms with van der Waals surface area (Å²) in [6.07, 6.45) is 5.80. The molecule has 190 valence electrons. The molecule has 1 N–H and O–H groups in total. The average molecular weight is 504 g/mol. The molecule has 1 aliphatic rings. The fraction of sp³-hybridized carbons (Fsp3) is 0.269. The summed E-state index contributed by atoms with van der Waals surface area (Å²) in [5.74, 6) is 5.07. The van der Waals surface area contributed by atoms with Crippen molar-refractivity contribution in [3.05, 3.63) is 65.7 Å². The summed E-state index contributed by atoms with van der Waals surface area (Å²) in [6, 6.07) is 6.94. The molecule has 1 aromatic carbocycles. The van der Waals surface area contributed by atoms with Gasteiger partial charge in [-0.15, -0.1) is 0 Å². The largest absolute Gasteiger partial charge is 0.497 e. The summed E-state index contributed by atoms with van der Waals surface area (Å²) in [5.41, 5.74) is 1.35. The number of pyridine rings is 1. The first-order valence-electron chi connectivity index (χ1n) is 11.2. The molecule has 2 aromatic heterocycles. The van der Waals surface area contributed by atoms with Crippen molar-refractivity contribution in [3.63, 3.8) is 0 Å². The van der Waals surface area contributed by atoms with Crippen LogP contribution >= 0.6 is 0 Å². The quantitative estimate of drug-likeness (QED) is 0.399. The van der Waals surface area contributed by atoms with Crippen LogP contribution in [0, 0.1) is 11.8 Å². The molecule has 1 atom stereocenters. The lowest BCUT2D eigenvalue weighted by atomic mass is 9.98. The molecule has 4 rings (SSSR count). The number of benzene rings is 1. The fourth-order valence-electron chi connectivity index (χ4n) is 3.97. The van der Waals surface area contributed by atoms with E-state index in [4.69, 9.17) is 14.2 Å². The number of rotatable bonds is 6. The van der Waals surface area contributed by atoms with Gasteiger partial charge in [0.15, 0.2) is 0 Å². The number of methoxy groups -OCH3 is 3. The first kappa shape index (κ1) is 25.2. The van der Waals surface area contributed by atoms with Crippen molar-refractivity contribution in [2.45, 2.75) is 12.1 Å². The lowest BCUT2D eigenvalue weighted by Crippen LogP contribution is -2.60. The van der Waals surface area contributed by atoms with Gasteiger partial charge >= 0.3 is 12.1 Å². The lowest BCUT2D eigenvalue weighted by Gasteiger charge is -2.30. The van der Waals surface area contributed by atoms with Gasteiger partial charge in [-0.05, 0) is 23.8 Å². The van der Waals surface area contributed by atoms with Gasteiger partial charge in [0.05, 0.1) is 34.1 Å². The maximum atomic E-state index is 13.2. The lowest BCUT2D eigenvalue weighted by molar-refractivity contribution is -0.146. The first-order chi connectivity index (χ1) is 17.8. The second-order valence-corrected chi connectivity index (χ2v) is 8.31. The smallest absolute Gasteiger partial charge is 0.408 e. The second-order valence-electron chi connectivity index (χ2n) is 8.31. The van der Waals surface area contributed by atoms with E-state index in [0.717, 1.165) is 23.8 Å². The highest BCUT2D eigenvalue weighted by molar-refractivity contribution is 6.00. The third kappa shape index (κ3) is 5.23. The number of esters is 1. The Hall–Kier alpha value is -4.85. The predicted octanol–water partition coefficient (Wildman–Crippen LogP) is 1.77. The van der Waals surface area contributed by atoms with Crippen molar-refractivity contribution in [2.24, 2.45) is 7.05 Å². The van der Waals surface area contributed by atoms with E-state index >= 15 is 0 Å². The molecule has 0 unspecified atom stereocenters. The Morgan fingerprint density at radius 1 is 1.11 bits per heavy atom. The number of ether oxygens (including phenoxy) is 3. The Kier molecular flexibility index (Phi) is 7.11. The summed E-state index contributed by atoms with van der Waals surface area (Å²) in [6.45, 7) is -0.0766. The molecule has 1 aliphatic heterocycles. The van der Waals surface area contributed by atoms with Gasteiger partial charge in [0, 0.05) is 54.4 Å². The summed E-state index contributed by atoms with van der Waals surface area (Å²) >= 11 is 0. The van der Waals surface area contributed by atoms with Crippen LogP contribution in [0.5, 0.6) is 5.75 Å². The van der Waals surface area contributed by atoms with E-state index in [1.54, 1.807) is 48.4 Å². The monoisotopic (exact) mass is 503 g/mol. The summed E-state index contributed by atoms with van der Waals surface area (Å²) in [4.78, 5) is 44.2. The topological polar surface area (TPSA) is 125 Å². The second kappa shape index (κ2) is 10.4. The van der Waals surface area contributed by atoms with E-state index in [1.165, 1.54) is 25.3 Å². The number of carbonyl (C=O) groups excluding carboxylic acids is 3. The van der Waals surface area contributed by atoms with Crippen LogP contribution in [0.3, 0.4) is 0 Å². The number of alkyl carbamates (subject to hydrolysis) is 1. The first-order valence-corrected chi connectivity index (χ1v) is 11.2. The van der Waals surface area contributed by atoms with Crippen LogP contribution in [0.4, 0.5) is 4.79 Å². The zero-order valence-electron chi connectivity index (χ0n) is 20.8. The van der Waals surface area contributed by atoms with Gasteiger partial charge in [0.2, 0.25) is 5.54 Å². The molecule has 0 radical (unpaired) electrons. The van der Waals surface area contributed by atoms with E-state index in [1.807, 2.05) is 6.20 Å². The third-order valence-corrected chi connectivity index (χ3v) is 5.86. The highest BCUT2D eigenvalue weighted by atomic mass is 16.5.